The van der Waals surface area contributed by atoms with Crippen molar-refractivity contribution in [3.63, 3.8) is 0 Å². The van der Waals surface area contributed by atoms with Crippen LogP contribution in [0.1, 0.15) is 29.3 Å². The number of benzene rings is 2. The number of urea groups is 1. The Morgan fingerprint density at radius 2 is 1.76 bits per heavy atom. The number of anilines is 2. The highest BCUT2D eigenvalue weighted by molar-refractivity contribution is 6.13. The van der Waals surface area contributed by atoms with Gasteiger partial charge in [-0.1, -0.05) is 35.9 Å². The summed E-state index contributed by atoms with van der Waals surface area (Å²) in [5, 5.41) is 2.60. The summed E-state index contributed by atoms with van der Waals surface area (Å²) in [7, 11) is 0. The Morgan fingerprint density at radius 3 is 2.36 bits per heavy atom. The molecular weight excluding hydrogens is 318 g/mol. The van der Waals surface area contributed by atoms with Crippen LogP contribution >= 0.6 is 0 Å². The van der Waals surface area contributed by atoms with Gasteiger partial charge in [0.2, 0.25) is 5.91 Å². The average Bonchev–Trinajstić information content (AvgIpc) is 2.55. The minimum Gasteiger partial charge on any atom is -0.399 e. The SMILES string of the molecule is CC(=O)N(C(=O)NCCC(=O)c1ccc(C)cc1)c1cccc(N)c1. The summed E-state index contributed by atoms with van der Waals surface area (Å²) in [5.74, 6) is -0.508. The van der Waals surface area contributed by atoms with Crippen molar-refractivity contribution in [3.05, 3.63) is 59.7 Å². The van der Waals surface area contributed by atoms with Gasteiger partial charge in [0.25, 0.3) is 0 Å². The first-order valence-corrected chi connectivity index (χ1v) is 7.92. The smallest absolute Gasteiger partial charge is 0.328 e. The Labute approximate surface area is 146 Å². The normalized spacial score (nSPS) is 10.2. The molecule has 0 saturated heterocycles. The lowest BCUT2D eigenvalue weighted by molar-refractivity contribution is -0.115. The molecule has 0 fully saturated rings. The van der Waals surface area contributed by atoms with Gasteiger partial charge in [0, 0.05) is 31.1 Å². The van der Waals surface area contributed by atoms with Crippen molar-refractivity contribution < 1.29 is 14.4 Å². The molecule has 0 aliphatic rings. The summed E-state index contributed by atoms with van der Waals surface area (Å²) in [6.07, 6.45) is 0.150. The number of hydrogen-bond donors (Lipinski definition) is 2. The number of carbonyl (C=O) groups is 3. The number of Topliss-reactive ketones (excluding diaryl/α,β-unsaturated/α-hetero) is 1. The summed E-state index contributed by atoms with van der Waals surface area (Å²) in [4.78, 5) is 37.2. The summed E-state index contributed by atoms with van der Waals surface area (Å²) < 4.78 is 0. The number of nitrogens with two attached hydrogens (primary N) is 1. The Kier molecular flexibility index (Phi) is 5.89. The van der Waals surface area contributed by atoms with Crippen molar-refractivity contribution >= 4 is 29.1 Å². The van der Waals surface area contributed by atoms with Crippen LogP contribution in [0.3, 0.4) is 0 Å². The van der Waals surface area contributed by atoms with Gasteiger partial charge in [0.15, 0.2) is 5.78 Å². The van der Waals surface area contributed by atoms with Gasteiger partial charge in [-0.3, -0.25) is 9.59 Å². The highest BCUT2D eigenvalue weighted by atomic mass is 16.2. The number of hydrogen-bond acceptors (Lipinski definition) is 4. The van der Waals surface area contributed by atoms with Gasteiger partial charge in [0.05, 0.1) is 5.69 Å². The zero-order chi connectivity index (χ0) is 18.4. The molecule has 0 radical (unpaired) electrons. The maximum Gasteiger partial charge on any atom is 0.328 e. The second-order valence-electron chi connectivity index (χ2n) is 5.72. The van der Waals surface area contributed by atoms with E-state index in [0.29, 0.717) is 16.9 Å². The summed E-state index contributed by atoms with van der Waals surface area (Å²) in [5.41, 5.74) is 8.20. The predicted molar refractivity (Wildman–Crippen MR) is 97.5 cm³/mol. The van der Waals surface area contributed by atoms with Crippen molar-refractivity contribution in [1.82, 2.24) is 5.32 Å². The third kappa shape index (κ3) is 4.91. The molecule has 0 unspecified atom stereocenters. The molecule has 2 rings (SSSR count). The third-order valence-corrected chi connectivity index (χ3v) is 3.65. The number of imide groups is 1. The van der Waals surface area contributed by atoms with Crippen LogP contribution in [0, 0.1) is 6.92 Å². The fraction of sp³-hybridized carbons (Fsp3) is 0.211. The largest absolute Gasteiger partial charge is 0.399 e. The van der Waals surface area contributed by atoms with E-state index in [2.05, 4.69) is 5.32 Å². The van der Waals surface area contributed by atoms with Gasteiger partial charge >= 0.3 is 6.03 Å². The third-order valence-electron chi connectivity index (χ3n) is 3.65. The van der Waals surface area contributed by atoms with Crippen LogP contribution < -0.4 is 16.0 Å². The number of aryl methyl sites for hydroxylation is 1. The van der Waals surface area contributed by atoms with Crippen molar-refractivity contribution in [2.75, 3.05) is 17.2 Å². The van der Waals surface area contributed by atoms with Crippen molar-refractivity contribution in [1.29, 1.82) is 0 Å². The number of nitrogens with one attached hydrogen (secondary N) is 1. The minimum absolute atomic E-state index is 0.0707. The van der Waals surface area contributed by atoms with E-state index >= 15 is 0 Å². The molecule has 0 atom stereocenters. The molecule has 0 aliphatic carbocycles. The predicted octanol–water partition coefficient (Wildman–Crippen LogP) is 2.91. The van der Waals surface area contributed by atoms with Crippen LogP contribution in [0.5, 0.6) is 0 Å². The number of rotatable bonds is 5. The van der Waals surface area contributed by atoms with E-state index in [0.717, 1.165) is 10.5 Å². The molecule has 2 aromatic rings. The average molecular weight is 339 g/mol. The molecule has 0 heterocycles. The van der Waals surface area contributed by atoms with E-state index in [1.165, 1.54) is 6.92 Å². The summed E-state index contributed by atoms with van der Waals surface area (Å²) >= 11 is 0. The van der Waals surface area contributed by atoms with Gasteiger partial charge in [-0.15, -0.1) is 0 Å². The van der Waals surface area contributed by atoms with Gasteiger partial charge in [-0.2, -0.15) is 0 Å². The Morgan fingerprint density at radius 1 is 1.08 bits per heavy atom. The fourth-order valence-corrected chi connectivity index (χ4v) is 2.35. The molecule has 0 saturated carbocycles. The zero-order valence-electron chi connectivity index (χ0n) is 14.3. The fourth-order valence-electron chi connectivity index (χ4n) is 2.35. The molecule has 3 N–H and O–H groups in total. The summed E-state index contributed by atoms with van der Waals surface area (Å²) in [6, 6.07) is 13.1. The van der Waals surface area contributed by atoms with Crippen molar-refractivity contribution in [3.8, 4) is 0 Å². The first-order chi connectivity index (χ1) is 11.9. The van der Waals surface area contributed by atoms with Crippen LogP contribution in [0.2, 0.25) is 0 Å². The Hall–Kier alpha value is -3.15. The quantitative estimate of drug-likeness (QED) is 0.647. The molecule has 0 aromatic heterocycles. The number of amides is 3. The maximum atomic E-state index is 12.3. The van der Waals surface area contributed by atoms with Crippen LogP contribution in [-0.4, -0.2) is 24.3 Å². The minimum atomic E-state index is -0.588. The number of ketones is 1. The molecule has 0 aliphatic heterocycles. The lowest BCUT2D eigenvalue weighted by atomic mass is 10.1. The molecule has 6 nitrogen and oxygen atoms in total. The topological polar surface area (TPSA) is 92.5 Å². The van der Waals surface area contributed by atoms with Crippen LogP contribution in [0.25, 0.3) is 0 Å². The van der Waals surface area contributed by atoms with E-state index in [4.69, 9.17) is 5.73 Å². The van der Waals surface area contributed by atoms with E-state index < -0.39 is 11.9 Å². The highest BCUT2D eigenvalue weighted by Gasteiger charge is 2.20. The molecule has 25 heavy (non-hydrogen) atoms. The van der Waals surface area contributed by atoms with Crippen LogP contribution in [-0.2, 0) is 4.79 Å². The lowest BCUT2D eigenvalue weighted by Crippen LogP contribution is -2.43. The van der Waals surface area contributed by atoms with E-state index in [1.54, 1.807) is 36.4 Å². The molecule has 0 bridgehead atoms. The molecule has 6 heteroatoms. The van der Waals surface area contributed by atoms with Gasteiger partial charge in [-0.25, -0.2) is 9.69 Å². The molecular formula is C19H21N3O3. The molecule has 2 aromatic carbocycles. The van der Waals surface area contributed by atoms with Crippen molar-refractivity contribution in [2.24, 2.45) is 0 Å². The Bertz CT molecular complexity index is 785. The second kappa shape index (κ2) is 8.10. The van der Waals surface area contributed by atoms with Crippen LogP contribution in [0.4, 0.5) is 16.2 Å². The van der Waals surface area contributed by atoms with Gasteiger partial charge in [0.1, 0.15) is 0 Å². The molecule has 0 spiro atoms. The van der Waals surface area contributed by atoms with Crippen LogP contribution in [0.15, 0.2) is 48.5 Å². The van der Waals surface area contributed by atoms with E-state index in [-0.39, 0.29) is 18.7 Å². The molecule has 3 amide bonds. The summed E-state index contributed by atoms with van der Waals surface area (Å²) in [6.45, 7) is 3.37. The maximum absolute atomic E-state index is 12.3. The lowest BCUT2D eigenvalue weighted by Gasteiger charge is -2.20. The van der Waals surface area contributed by atoms with Gasteiger partial charge < -0.3 is 11.1 Å². The van der Waals surface area contributed by atoms with Gasteiger partial charge in [-0.05, 0) is 25.1 Å². The standard InChI is InChI=1S/C19H21N3O3/c1-13-6-8-15(9-7-13)18(24)10-11-21-19(25)22(14(2)23)17-5-3-4-16(20)12-17/h3-9,12H,10-11,20H2,1-2H3,(H,21,25). The highest BCUT2D eigenvalue weighted by Crippen LogP contribution is 2.18. The monoisotopic (exact) mass is 339 g/mol. The van der Waals surface area contributed by atoms with Crippen molar-refractivity contribution in [2.45, 2.75) is 20.3 Å². The molecule has 130 valence electrons. The van der Waals surface area contributed by atoms with E-state index in [1.807, 2.05) is 19.1 Å². The second-order valence-corrected chi connectivity index (χ2v) is 5.72. The number of nitrogens with zero attached hydrogens (tertiary/aromatic N) is 1. The Balaban J connectivity index is 1.96. The number of carbonyl (C=O) groups excluding carboxylic acids is 3. The first kappa shape index (κ1) is 18.2. The first-order valence-electron chi connectivity index (χ1n) is 7.92. The number of nitrogen functional groups attached to an aromatic ring is 1. The van der Waals surface area contributed by atoms with E-state index in [9.17, 15) is 14.4 Å². The zero-order valence-corrected chi connectivity index (χ0v) is 14.3.